The number of ketones is 1. The van der Waals surface area contributed by atoms with E-state index in [1.165, 1.54) is 0 Å². The van der Waals surface area contributed by atoms with Gasteiger partial charge in [0.05, 0.1) is 12.7 Å². The number of carbonyl (C=O) groups excluding carboxylic acids is 2. The molecule has 8 heteroatoms. The average Bonchev–Trinajstić information content (AvgIpc) is 3.62. The molecule has 1 aromatic rings. The fourth-order valence-electron chi connectivity index (χ4n) is 9.07. The van der Waals surface area contributed by atoms with E-state index < -0.39 is 30.7 Å². The summed E-state index contributed by atoms with van der Waals surface area (Å²) in [6.45, 7) is 8.83. The minimum Gasteiger partial charge on any atom is -0.482 e. The Morgan fingerprint density at radius 1 is 1.18 bits per heavy atom. The lowest BCUT2D eigenvalue weighted by Gasteiger charge is -2.62. The maximum Gasteiger partial charge on any atom is 0.491 e. The van der Waals surface area contributed by atoms with E-state index in [9.17, 15) is 19.7 Å². The number of aliphatic hydroxyl groups excluding tert-OH is 1. The molecule has 1 unspecified atom stereocenters. The van der Waals surface area contributed by atoms with Gasteiger partial charge in [0.2, 0.25) is 0 Å². The molecule has 6 rings (SSSR count). The molecule has 0 spiro atoms. The van der Waals surface area contributed by atoms with Crippen molar-refractivity contribution in [2.75, 3.05) is 6.61 Å². The quantitative estimate of drug-likeness (QED) is 0.450. The van der Waals surface area contributed by atoms with Crippen molar-refractivity contribution in [2.24, 2.45) is 39.9 Å². The van der Waals surface area contributed by atoms with Gasteiger partial charge in [-0.1, -0.05) is 33.8 Å². The van der Waals surface area contributed by atoms with Gasteiger partial charge in [-0.05, 0) is 84.9 Å². The largest absolute Gasteiger partial charge is 0.491 e. The summed E-state index contributed by atoms with van der Waals surface area (Å²) in [6, 6.07) is 5.30. The standard InChI is InChI=1S/C30H41BO7/c1-17-9-11-30-12-10-23(32)26(30)29(17,4)24(14-28(3,20-6-7-20)27(34)18(30)2)38-25(33)16-36-21-8-5-19-15-37-31(35)22(19)13-21/h5,8,13,17-18,20,24,26-27,34-35H,6-7,9-12,14-16H2,1-4H3/t17-,18+,24?,26+,27+,28+,29+,30+/m1/s1. The fraction of sp³-hybridized carbons (Fsp3) is 0.733. The molecular formula is C30H41BO7. The van der Waals surface area contributed by atoms with E-state index in [0.717, 1.165) is 37.7 Å². The lowest BCUT2D eigenvalue weighted by molar-refractivity contribution is -0.215. The zero-order valence-corrected chi connectivity index (χ0v) is 23.1. The molecular weight excluding hydrogens is 483 g/mol. The summed E-state index contributed by atoms with van der Waals surface area (Å²) < 4.78 is 17.4. The first-order chi connectivity index (χ1) is 18.0. The van der Waals surface area contributed by atoms with E-state index in [4.69, 9.17) is 14.1 Å². The van der Waals surface area contributed by atoms with Crippen LogP contribution in [-0.4, -0.2) is 47.8 Å². The minimum atomic E-state index is -0.985. The Balaban J connectivity index is 1.29. The number of hydrogen-bond acceptors (Lipinski definition) is 7. The van der Waals surface area contributed by atoms with E-state index >= 15 is 0 Å². The third-order valence-corrected chi connectivity index (χ3v) is 11.8. The highest BCUT2D eigenvalue weighted by atomic mass is 16.6. The Morgan fingerprint density at radius 2 is 1.95 bits per heavy atom. The molecule has 1 aromatic carbocycles. The molecule has 7 nitrogen and oxygen atoms in total. The van der Waals surface area contributed by atoms with Crippen molar-refractivity contribution >= 4 is 24.3 Å². The van der Waals surface area contributed by atoms with Crippen LogP contribution in [0.5, 0.6) is 5.75 Å². The molecule has 8 atom stereocenters. The van der Waals surface area contributed by atoms with Crippen LogP contribution in [-0.2, 0) is 25.6 Å². The zero-order valence-electron chi connectivity index (χ0n) is 23.1. The van der Waals surface area contributed by atoms with Gasteiger partial charge in [0.25, 0.3) is 0 Å². The van der Waals surface area contributed by atoms with Gasteiger partial charge in [0.1, 0.15) is 17.6 Å². The van der Waals surface area contributed by atoms with Crippen molar-refractivity contribution in [3.63, 3.8) is 0 Å². The third-order valence-electron chi connectivity index (χ3n) is 11.8. The maximum atomic E-state index is 13.6. The van der Waals surface area contributed by atoms with E-state index in [1.807, 2.05) is 6.07 Å². The van der Waals surface area contributed by atoms with Crippen LogP contribution in [0.15, 0.2) is 18.2 Å². The minimum absolute atomic E-state index is 0.0236. The summed E-state index contributed by atoms with van der Waals surface area (Å²) in [5.74, 6) is 0.692. The first kappa shape index (κ1) is 26.3. The van der Waals surface area contributed by atoms with Crippen molar-refractivity contribution in [3.8, 4) is 5.75 Å². The van der Waals surface area contributed by atoms with Crippen LogP contribution in [0, 0.1) is 39.9 Å². The number of esters is 1. The molecule has 0 amide bonds. The summed E-state index contributed by atoms with van der Waals surface area (Å²) in [6.07, 6.45) is 4.95. The van der Waals surface area contributed by atoms with Gasteiger partial charge < -0.3 is 24.3 Å². The molecule has 206 valence electrons. The predicted octanol–water partition coefficient (Wildman–Crippen LogP) is 3.41. The van der Waals surface area contributed by atoms with E-state index in [2.05, 4.69) is 27.7 Å². The highest BCUT2D eigenvalue weighted by Gasteiger charge is 2.69. The molecule has 4 saturated carbocycles. The number of benzene rings is 1. The summed E-state index contributed by atoms with van der Waals surface area (Å²) in [5, 5.41) is 21.9. The molecule has 1 heterocycles. The molecule has 4 fully saturated rings. The van der Waals surface area contributed by atoms with Crippen molar-refractivity contribution in [1.29, 1.82) is 0 Å². The van der Waals surface area contributed by atoms with Crippen molar-refractivity contribution in [1.82, 2.24) is 0 Å². The monoisotopic (exact) mass is 524 g/mol. The Kier molecular flexibility index (Phi) is 6.28. The molecule has 0 saturated heterocycles. The van der Waals surface area contributed by atoms with Crippen LogP contribution in [0.1, 0.15) is 78.2 Å². The topological polar surface area (TPSA) is 102 Å². The number of carbonyl (C=O) groups is 2. The smallest absolute Gasteiger partial charge is 0.482 e. The normalized spacial score (nSPS) is 42.2. The second-order valence-electron chi connectivity index (χ2n) is 13.4. The van der Waals surface area contributed by atoms with Gasteiger partial charge in [-0.25, -0.2) is 4.79 Å². The van der Waals surface area contributed by atoms with Gasteiger partial charge in [-0.3, -0.25) is 4.79 Å². The van der Waals surface area contributed by atoms with E-state index in [1.54, 1.807) is 12.1 Å². The lowest BCUT2D eigenvalue weighted by atomic mass is 9.43. The second-order valence-corrected chi connectivity index (χ2v) is 13.4. The lowest BCUT2D eigenvalue weighted by Crippen LogP contribution is -2.63. The maximum absolute atomic E-state index is 13.6. The number of ether oxygens (including phenoxy) is 2. The zero-order chi connectivity index (χ0) is 27.0. The molecule has 2 N–H and O–H groups in total. The molecule has 0 radical (unpaired) electrons. The fourth-order valence-corrected chi connectivity index (χ4v) is 9.07. The van der Waals surface area contributed by atoms with Crippen molar-refractivity contribution < 1.29 is 33.8 Å². The molecule has 0 aromatic heterocycles. The molecule has 2 bridgehead atoms. The Morgan fingerprint density at radius 3 is 2.68 bits per heavy atom. The number of Topliss-reactive ketones (excluding diaryl/α,β-unsaturated/α-hetero) is 1. The molecule has 38 heavy (non-hydrogen) atoms. The van der Waals surface area contributed by atoms with Crippen LogP contribution in [0.3, 0.4) is 0 Å². The Hall–Kier alpha value is -1.90. The summed E-state index contributed by atoms with van der Waals surface area (Å²) in [5.41, 5.74) is 0.435. The van der Waals surface area contributed by atoms with Gasteiger partial charge in [-0.2, -0.15) is 0 Å². The van der Waals surface area contributed by atoms with Crippen LogP contribution in [0.2, 0.25) is 0 Å². The van der Waals surface area contributed by atoms with E-state index in [0.29, 0.717) is 36.6 Å². The third kappa shape index (κ3) is 3.81. The van der Waals surface area contributed by atoms with Gasteiger partial charge in [0, 0.05) is 23.2 Å². The number of hydrogen-bond donors (Lipinski definition) is 2. The van der Waals surface area contributed by atoms with Crippen molar-refractivity contribution in [3.05, 3.63) is 23.8 Å². The molecule has 5 aliphatic rings. The SMILES string of the molecule is C[C@@H]1CC[C@@]23CCC(=O)[C@H]2[C@]1(C)C(OC(=O)COc1ccc2c(c1)B(O)OC2)C[C@@](C)(C1CC1)[C@@H](O)[C@@H]3C. The first-order valence-electron chi connectivity index (χ1n) is 14.5. The summed E-state index contributed by atoms with van der Waals surface area (Å²) >= 11 is 0. The average molecular weight is 524 g/mol. The van der Waals surface area contributed by atoms with Gasteiger partial charge in [-0.15, -0.1) is 0 Å². The number of aliphatic hydroxyl groups is 1. The first-order valence-corrected chi connectivity index (χ1v) is 14.5. The Bertz CT molecular complexity index is 1140. The highest BCUT2D eigenvalue weighted by Crippen LogP contribution is 2.69. The van der Waals surface area contributed by atoms with Gasteiger partial charge in [0.15, 0.2) is 6.61 Å². The van der Waals surface area contributed by atoms with Gasteiger partial charge >= 0.3 is 13.1 Å². The summed E-state index contributed by atoms with van der Waals surface area (Å²) in [7, 11) is -0.985. The molecule has 4 aliphatic carbocycles. The molecule has 1 aliphatic heterocycles. The predicted molar refractivity (Wildman–Crippen MR) is 142 cm³/mol. The van der Waals surface area contributed by atoms with Crippen LogP contribution in [0.4, 0.5) is 0 Å². The van der Waals surface area contributed by atoms with Crippen molar-refractivity contribution in [2.45, 2.75) is 91.5 Å². The van der Waals surface area contributed by atoms with E-state index in [-0.39, 0.29) is 41.0 Å². The van der Waals surface area contributed by atoms with Crippen LogP contribution >= 0.6 is 0 Å². The van der Waals surface area contributed by atoms with Crippen LogP contribution in [0.25, 0.3) is 0 Å². The second kappa shape index (κ2) is 9.07. The highest BCUT2D eigenvalue weighted by molar-refractivity contribution is 6.61. The Labute approximate surface area is 225 Å². The van der Waals surface area contributed by atoms with Crippen LogP contribution < -0.4 is 10.2 Å². The number of fused-ring (bicyclic) bond motifs is 1. The number of rotatable bonds is 5. The summed E-state index contributed by atoms with van der Waals surface area (Å²) in [4.78, 5) is 26.9.